The van der Waals surface area contributed by atoms with Gasteiger partial charge in [0.2, 0.25) is 5.91 Å². The Bertz CT molecular complexity index is 692. The van der Waals surface area contributed by atoms with E-state index >= 15 is 0 Å². The largest absolute Gasteiger partial charge is 0.483 e. The number of piperidine rings is 1. The van der Waals surface area contributed by atoms with E-state index in [2.05, 4.69) is 4.90 Å². The lowest BCUT2D eigenvalue weighted by Gasteiger charge is -2.36. The number of hydrogen-bond acceptors (Lipinski definition) is 5. The molecule has 1 aromatic rings. The van der Waals surface area contributed by atoms with Crippen molar-refractivity contribution in [2.75, 3.05) is 26.2 Å². The molecular formula is C22H31FN2O5. The van der Waals surface area contributed by atoms with Crippen LogP contribution in [-0.2, 0) is 9.59 Å². The molecule has 3 N–H and O–H groups in total. The molecule has 4 rings (SSSR count). The van der Waals surface area contributed by atoms with Crippen LogP contribution in [0.25, 0.3) is 0 Å². The predicted octanol–water partition coefficient (Wildman–Crippen LogP) is 1.64. The SMILES string of the molecule is O=C(C(c1ccc(F)cc1)N1CCCCC1)N1C[C@H]2C[C@H](O)[C@H](O)C[C@H]2C1.O=CO. The molecule has 2 aliphatic heterocycles. The van der Waals surface area contributed by atoms with E-state index in [0.717, 1.165) is 31.5 Å². The molecule has 3 fully saturated rings. The van der Waals surface area contributed by atoms with Crippen LogP contribution in [0.4, 0.5) is 4.39 Å². The summed E-state index contributed by atoms with van der Waals surface area (Å²) in [5.74, 6) is 0.283. The third-order valence-corrected chi connectivity index (χ3v) is 6.60. The second kappa shape index (κ2) is 10.3. The highest BCUT2D eigenvalue weighted by molar-refractivity contribution is 5.83. The zero-order valence-electron chi connectivity index (χ0n) is 17.1. The van der Waals surface area contributed by atoms with Crippen molar-refractivity contribution in [3.05, 3.63) is 35.6 Å². The Kier molecular flexibility index (Phi) is 7.80. The molecular weight excluding hydrogens is 391 g/mol. The molecule has 0 radical (unpaired) electrons. The Labute approximate surface area is 176 Å². The zero-order valence-corrected chi connectivity index (χ0v) is 17.1. The van der Waals surface area contributed by atoms with Crippen LogP contribution < -0.4 is 0 Å². The molecule has 2 saturated heterocycles. The van der Waals surface area contributed by atoms with Crippen molar-refractivity contribution < 1.29 is 29.3 Å². The number of carbonyl (C=O) groups excluding carboxylic acids is 1. The third kappa shape index (κ3) is 5.17. The molecule has 7 nitrogen and oxygen atoms in total. The molecule has 1 amide bonds. The Balaban J connectivity index is 0.000000806. The van der Waals surface area contributed by atoms with Crippen LogP contribution in [0.2, 0.25) is 0 Å². The van der Waals surface area contributed by atoms with E-state index in [4.69, 9.17) is 9.90 Å². The number of carbonyl (C=O) groups is 2. The summed E-state index contributed by atoms with van der Waals surface area (Å²) in [6.45, 7) is 2.79. The van der Waals surface area contributed by atoms with E-state index < -0.39 is 12.2 Å². The lowest BCUT2D eigenvalue weighted by Crippen LogP contribution is -2.44. The van der Waals surface area contributed by atoms with Crippen molar-refractivity contribution in [3.63, 3.8) is 0 Å². The Morgan fingerprint density at radius 1 is 1.00 bits per heavy atom. The Morgan fingerprint density at radius 3 is 2.00 bits per heavy atom. The summed E-state index contributed by atoms with van der Waals surface area (Å²) in [5, 5.41) is 26.8. The van der Waals surface area contributed by atoms with Crippen LogP contribution >= 0.6 is 0 Å². The molecule has 2 heterocycles. The summed E-state index contributed by atoms with van der Waals surface area (Å²) in [7, 11) is 0. The number of rotatable bonds is 3. The van der Waals surface area contributed by atoms with Gasteiger partial charge in [0.15, 0.2) is 0 Å². The van der Waals surface area contributed by atoms with Crippen LogP contribution in [-0.4, -0.2) is 75.9 Å². The van der Waals surface area contributed by atoms with Gasteiger partial charge in [-0.05, 0) is 68.3 Å². The van der Waals surface area contributed by atoms with E-state index in [9.17, 15) is 19.4 Å². The van der Waals surface area contributed by atoms with Crippen LogP contribution in [0.1, 0.15) is 43.7 Å². The van der Waals surface area contributed by atoms with E-state index in [0.29, 0.717) is 25.9 Å². The number of fused-ring (bicyclic) bond motifs is 1. The van der Waals surface area contributed by atoms with Crippen molar-refractivity contribution in [1.29, 1.82) is 0 Å². The molecule has 5 atom stereocenters. The fourth-order valence-corrected chi connectivity index (χ4v) is 5.09. The van der Waals surface area contributed by atoms with Crippen molar-refractivity contribution in [2.45, 2.75) is 50.4 Å². The standard InChI is InChI=1S/C21H29FN2O3.CH2O2/c22-17-6-4-14(5-7-17)20(23-8-2-1-3-9-23)21(27)24-12-15-10-18(25)19(26)11-16(15)13-24;2-1-3/h4-7,15-16,18-20,25-26H,1-3,8-13H2;1H,(H,2,3)/t15-,16+,18+,19-,20?;. The molecule has 1 unspecified atom stereocenters. The second-order valence-electron chi connectivity index (χ2n) is 8.53. The first-order chi connectivity index (χ1) is 14.4. The molecule has 0 spiro atoms. The number of benzene rings is 1. The highest BCUT2D eigenvalue weighted by Crippen LogP contribution is 2.38. The normalized spacial score (nSPS) is 30.0. The van der Waals surface area contributed by atoms with Crippen molar-refractivity contribution in [3.8, 4) is 0 Å². The molecule has 0 aromatic heterocycles. The van der Waals surface area contributed by atoms with Gasteiger partial charge in [-0.25, -0.2) is 4.39 Å². The van der Waals surface area contributed by atoms with Crippen LogP contribution in [0, 0.1) is 17.7 Å². The molecule has 0 bridgehead atoms. The number of carboxylic acid groups (broad SMARTS) is 1. The molecule has 1 aromatic carbocycles. The van der Waals surface area contributed by atoms with Gasteiger partial charge in [0, 0.05) is 13.1 Å². The maximum atomic E-state index is 13.5. The first kappa shape index (κ1) is 22.7. The fraction of sp³-hybridized carbons (Fsp3) is 0.636. The monoisotopic (exact) mass is 422 g/mol. The maximum Gasteiger partial charge on any atom is 0.290 e. The number of nitrogens with zero attached hydrogens (tertiary/aromatic N) is 2. The average Bonchev–Trinajstić information content (AvgIpc) is 3.14. The highest BCUT2D eigenvalue weighted by Gasteiger charge is 2.44. The van der Waals surface area contributed by atoms with Gasteiger partial charge in [0.25, 0.3) is 6.47 Å². The van der Waals surface area contributed by atoms with Crippen molar-refractivity contribution in [1.82, 2.24) is 9.80 Å². The average molecular weight is 422 g/mol. The van der Waals surface area contributed by atoms with E-state index in [1.54, 1.807) is 12.1 Å². The maximum absolute atomic E-state index is 13.5. The number of amides is 1. The summed E-state index contributed by atoms with van der Waals surface area (Å²) in [4.78, 5) is 26.0. The minimum atomic E-state index is -0.684. The van der Waals surface area contributed by atoms with Crippen molar-refractivity contribution in [2.24, 2.45) is 11.8 Å². The number of halogens is 1. The summed E-state index contributed by atoms with van der Waals surface area (Å²) in [5.41, 5.74) is 0.846. The van der Waals surface area contributed by atoms with Gasteiger partial charge in [-0.15, -0.1) is 0 Å². The van der Waals surface area contributed by atoms with Crippen molar-refractivity contribution >= 4 is 12.4 Å². The van der Waals surface area contributed by atoms with Gasteiger partial charge in [-0.2, -0.15) is 0 Å². The fourth-order valence-electron chi connectivity index (χ4n) is 5.09. The quantitative estimate of drug-likeness (QED) is 0.641. The summed E-state index contributed by atoms with van der Waals surface area (Å²) < 4.78 is 13.4. The van der Waals surface area contributed by atoms with Gasteiger partial charge in [0.1, 0.15) is 11.9 Å². The molecule has 8 heteroatoms. The van der Waals surface area contributed by atoms with Crippen LogP contribution in [0.15, 0.2) is 24.3 Å². The van der Waals surface area contributed by atoms with Gasteiger partial charge in [0.05, 0.1) is 12.2 Å². The summed E-state index contributed by atoms with van der Waals surface area (Å²) in [6, 6.07) is 5.93. The predicted molar refractivity (Wildman–Crippen MR) is 108 cm³/mol. The third-order valence-electron chi connectivity index (χ3n) is 6.60. The molecule has 166 valence electrons. The first-order valence-electron chi connectivity index (χ1n) is 10.7. The smallest absolute Gasteiger partial charge is 0.290 e. The molecule has 1 saturated carbocycles. The first-order valence-corrected chi connectivity index (χ1v) is 10.7. The summed E-state index contributed by atoms with van der Waals surface area (Å²) in [6.07, 6.45) is 3.09. The topological polar surface area (TPSA) is 101 Å². The Hall–Kier alpha value is -2.03. The summed E-state index contributed by atoms with van der Waals surface area (Å²) >= 11 is 0. The molecule has 1 aliphatic carbocycles. The minimum Gasteiger partial charge on any atom is -0.483 e. The highest BCUT2D eigenvalue weighted by atomic mass is 19.1. The van der Waals surface area contributed by atoms with Gasteiger partial charge in [-0.1, -0.05) is 18.6 Å². The Morgan fingerprint density at radius 2 is 1.50 bits per heavy atom. The van der Waals surface area contributed by atoms with Gasteiger partial charge in [-0.3, -0.25) is 14.5 Å². The minimum absolute atomic E-state index is 0.0712. The van der Waals surface area contributed by atoms with E-state index in [1.807, 2.05) is 4.90 Å². The number of likely N-dealkylation sites (tertiary alicyclic amines) is 2. The van der Waals surface area contributed by atoms with Crippen LogP contribution in [0.3, 0.4) is 0 Å². The lowest BCUT2D eigenvalue weighted by atomic mass is 9.79. The number of hydrogen-bond donors (Lipinski definition) is 3. The lowest BCUT2D eigenvalue weighted by molar-refractivity contribution is -0.137. The van der Waals surface area contributed by atoms with Gasteiger partial charge < -0.3 is 20.2 Å². The molecule has 3 aliphatic rings. The zero-order chi connectivity index (χ0) is 21.7. The van der Waals surface area contributed by atoms with E-state index in [1.165, 1.54) is 18.6 Å². The van der Waals surface area contributed by atoms with Gasteiger partial charge >= 0.3 is 0 Å². The number of aliphatic hydroxyl groups excluding tert-OH is 2. The second-order valence-corrected chi connectivity index (χ2v) is 8.53. The van der Waals surface area contributed by atoms with E-state index in [-0.39, 0.29) is 36.1 Å². The van der Waals surface area contributed by atoms with Crippen LogP contribution in [0.5, 0.6) is 0 Å². The molecule has 30 heavy (non-hydrogen) atoms. The number of aliphatic hydroxyl groups is 2.